The molecular formula is C23H24N2O6. The Morgan fingerprint density at radius 1 is 1.03 bits per heavy atom. The number of carbonyl (C=O) groups is 3. The zero-order valence-electron chi connectivity index (χ0n) is 16.8. The van der Waals surface area contributed by atoms with Crippen molar-refractivity contribution in [1.82, 2.24) is 10.6 Å². The number of carboxylic acids is 1. The number of hydrogen-bond acceptors (Lipinski definition) is 5. The lowest BCUT2D eigenvalue weighted by Crippen LogP contribution is -2.63. The molecule has 0 aromatic heterocycles. The molecule has 2 aliphatic rings. The average Bonchev–Trinajstić information content (AvgIpc) is 3.06. The number of hydrogen-bond donors (Lipinski definition) is 4. The predicted octanol–water partition coefficient (Wildman–Crippen LogP) is 2.01. The van der Waals surface area contributed by atoms with E-state index in [1.807, 2.05) is 48.5 Å². The first-order chi connectivity index (χ1) is 14.9. The predicted molar refractivity (Wildman–Crippen MR) is 111 cm³/mol. The van der Waals surface area contributed by atoms with Gasteiger partial charge < -0.3 is 25.6 Å². The number of benzene rings is 2. The highest BCUT2D eigenvalue weighted by atomic mass is 16.5. The molecule has 4 N–H and O–H groups in total. The Morgan fingerprint density at radius 2 is 1.61 bits per heavy atom. The summed E-state index contributed by atoms with van der Waals surface area (Å²) < 4.78 is 5.51. The number of aliphatic hydroxyl groups is 1. The third-order valence-corrected chi connectivity index (χ3v) is 6.07. The van der Waals surface area contributed by atoms with Crippen molar-refractivity contribution in [3.8, 4) is 11.1 Å². The Labute approximate surface area is 179 Å². The topological polar surface area (TPSA) is 125 Å². The Hall–Kier alpha value is -3.39. The smallest absolute Gasteiger partial charge is 0.408 e. The Morgan fingerprint density at radius 3 is 2.13 bits per heavy atom. The third-order valence-electron chi connectivity index (χ3n) is 6.07. The second kappa shape index (κ2) is 8.39. The lowest BCUT2D eigenvalue weighted by atomic mass is 9.76. The normalized spacial score (nSPS) is 16.9. The number of carboxylic acid groups (broad SMARTS) is 1. The summed E-state index contributed by atoms with van der Waals surface area (Å²) in [4.78, 5) is 35.8. The summed E-state index contributed by atoms with van der Waals surface area (Å²) in [5, 5.41) is 23.1. The SMILES string of the molecule is O=C(NC1(C(=O)NCC(O)C(=O)O)CCC1)OCC1c2ccccc2-c2ccccc21. The van der Waals surface area contributed by atoms with Crippen molar-refractivity contribution in [1.29, 1.82) is 0 Å². The fourth-order valence-corrected chi connectivity index (χ4v) is 4.21. The van der Waals surface area contributed by atoms with Crippen molar-refractivity contribution in [2.24, 2.45) is 0 Å². The van der Waals surface area contributed by atoms with E-state index in [2.05, 4.69) is 10.6 Å². The van der Waals surface area contributed by atoms with Gasteiger partial charge in [-0.3, -0.25) is 4.79 Å². The summed E-state index contributed by atoms with van der Waals surface area (Å²) in [5.41, 5.74) is 3.30. The second-order valence-corrected chi connectivity index (χ2v) is 7.95. The molecule has 8 heteroatoms. The van der Waals surface area contributed by atoms with E-state index in [0.717, 1.165) is 28.7 Å². The van der Waals surface area contributed by atoms with Gasteiger partial charge >= 0.3 is 12.1 Å². The van der Waals surface area contributed by atoms with Gasteiger partial charge in [-0.15, -0.1) is 0 Å². The fourth-order valence-electron chi connectivity index (χ4n) is 4.21. The molecule has 31 heavy (non-hydrogen) atoms. The van der Waals surface area contributed by atoms with Gasteiger partial charge in [-0.2, -0.15) is 0 Å². The van der Waals surface area contributed by atoms with Gasteiger partial charge in [-0.1, -0.05) is 48.5 Å². The highest BCUT2D eigenvalue weighted by Gasteiger charge is 2.46. The van der Waals surface area contributed by atoms with E-state index in [1.165, 1.54) is 0 Å². The first-order valence-corrected chi connectivity index (χ1v) is 10.2. The zero-order valence-corrected chi connectivity index (χ0v) is 16.8. The van der Waals surface area contributed by atoms with Gasteiger partial charge in [0.1, 0.15) is 12.1 Å². The number of aliphatic carboxylic acids is 1. The molecule has 0 radical (unpaired) electrons. The molecule has 0 saturated heterocycles. The van der Waals surface area contributed by atoms with Gasteiger partial charge in [0.15, 0.2) is 6.10 Å². The van der Waals surface area contributed by atoms with Crippen LogP contribution in [0, 0.1) is 0 Å². The number of aliphatic hydroxyl groups excluding tert-OH is 1. The average molecular weight is 424 g/mol. The molecule has 2 aromatic rings. The van der Waals surface area contributed by atoms with Crippen LogP contribution in [0.3, 0.4) is 0 Å². The van der Waals surface area contributed by atoms with Crippen LogP contribution in [0.5, 0.6) is 0 Å². The van der Waals surface area contributed by atoms with Crippen LogP contribution in [0.25, 0.3) is 11.1 Å². The van der Waals surface area contributed by atoms with Crippen LogP contribution < -0.4 is 10.6 Å². The minimum absolute atomic E-state index is 0.0879. The molecule has 2 aromatic carbocycles. The van der Waals surface area contributed by atoms with E-state index in [9.17, 15) is 19.5 Å². The molecule has 0 heterocycles. The summed E-state index contributed by atoms with van der Waals surface area (Å²) in [6.45, 7) is -0.294. The highest BCUT2D eigenvalue weighted by Crippen LogP contribution is 2.44. The van der Waals surface area contributed by atoms with Crippen molar-refractivity contribution in [3.63, 3.8) is 0 Å². The Kier molecular flexibility index (Phi) is 5.65. The summed E-state index contributed by atoms with van der Waals surface area (Å²) >= 11 is 0. The lowest BCUT2D eigenvalue weighted by molar-refractivity contribution is -0.146. The van der Waals surface area contributed by atoms with Crippen molar-refractivity contribution in [2.75, 3.05) is 13.2 Å². The van der Waals surface area contributed by atoms with Crippen LogP contribution in [-0.2, 0) is 14.3 Å². The van der Waals surface area contributed by atoms with Crippen LogP contribution in [0.4, 0.5) is 4.79 Å². The van der Waals surface area contributed by atoms with Gasteiger partial charge in [0, 0.05) is 5.92 Å². The van der Waals surface area contributed by atoms with Crippen LogP contribution in [0.15, 0.2) is 48.5 Å². The minimum Gasteiger partial charge on any atom is -0.479 e. The largest absolute Gasteiger partial charge is 0.479 e. The Balaban J connectivity index is 1.39. The molecule has 1 saturated carbocycles. The van der Waals surface area contributed by atoms with Gasteiger partial charge in [-0.05, 0) is 41.5 Å². The van der Waals surface area contributed by atoms with Crippen molar-refractivity contribution < 1.29 is 29.3 Å². The summed E-state index contributed by atoms with van der Waals surface area (Å²) in [7, 11) is 0. The molecule has 2 aliphatic carbocycles. The van der Waals surface area contributed by atoms with E-state index < -0.39 is 36.2 Å². The molecule has 4 rings (SSSR count). The summed E-state index contributed by atoms with van der Waals surface area (Å²) in [5.74, 6) is -2.03. The molecule has 0 aliphatic heterocycles. The zero-order chi connectivity index (χ0) is 22.0. The number of rotatable bonds is 7. The van der Waals surface area contributed by atoms with Crippen LogP contribution in [0.1, 0.15) is 36.3 Å². The van der Waals surface area contributed by atoms with Crippen LogP contribution in [-0.4, -0.2) is 53.0 Å². The molecule has 0 spiro atoms. The first-order valence-electron chi connectivity index (χ1n) is 10.2. The molecule has 1 atom stereocenters. The number of nitrogens with one attached hydrogen (secondary N) is 2. The van der Waals surface area contributed by atoms with Gasteiger partial charge in [0.25, 0.3) is 0 Å². The van der Waals surface area contributed by atoms with Crippen LogP contribution in [0.2, 0.25) is 0 Å². The maximum absolute atomic E-state index is 12.5. The van der Waals surface area contributed by atoms with E-state index in [-0.39, 0.29) is 12.5 Å². The van der Waals surface area contributed by atoms with Gasteiger partial charge in [-0.25, -0.2) is 9.59 Å². The van der Waals surface area contributed by atoms with Crippen LogP contribution >= 0.6 is 0 Å². The monoisotopic (exact) mass is 424 g/mol. The maximum Gasteiger partial charge on any atom is 0.408 e. The highest BCUT2D eigenvalue weighted by molar-refractivity contribution is 5.91. The summed E-state index contributed by atoms with van der Waals surface area (Å²) in [6, 6.07) is 16.0. The molecule has 8 nitrogen and oxygen atoms in total. The fraction of sp³-hybridized carbons (Fsp3) is 0.348. The number of ether oxygens (including phenoxy) is 1. The molecule has 1 unspecified atom stereocenters. The van der Waals surface area contributed by atoms with E-state index in [4.69, 9.17) is 9.84 Å². The first kappa shape index (κ1) is 20.9. The number of fused-ring (bicyclic) bond motifs is 3. The number of amides is 2. The molecule has 0 bridgehead atoms. The standard InChI is InChI=1S/C23H24N2O6/c26-19(20(27)28)12-24-21(29)23(10-5-11-23)25-22(30)31-13-18-16-8-3-1-6-14(16)15-7-2-4-9-17(15)18/h1-4,6-9,18-19,26H,5,10-13H2,(H,24,29)(H,25,30)(H,27,28). The molecule has 162 valence electrons. The second-order valence-electron chi connectivity index (χ2n) is 7.95. The Bertz CT molecular complexity index is 971. The maximum atomic E-state index is 12.5. The minimum atomic E-state index is -1.70. The molecule has 2 amide bonds. The van der Waals surface area contributed by atoms with Crippen molar-refractivity contribution in [2.45, 2.75) is 36.8 Å². The quantitative estimate of drug-likeness (QED) is 0.539. The van der Waals surface area contributed by atoms with Gasteiger partial charge in [0.05, 0.1) is 6.54 Å². The van der Waals surface area contributed by atoms with E-state index in [1.54, 1.807) is 0 Å². The van der Waals surface area contributed by atoms with Crippen molar-refractivity contribution >= 4 is 18.0 Å². The third kappa shape index (κ3) is 3.98. The number of alkyl carbamates (subject to hydrolysis) is 1. The molecule has 1 fully saturated rings. The number of carbonyl (C=O) groups excluding carboxylic acids is 2. The lowest BCUT2D eigenvalue weighted by Gasteiger charge is -2.40. The molecular weight excluding hydrogens is 400 g/mol. The van der Waals surface area contributed by atoms with Crippen molar-refractivity contribution in [3.05, 3.63) is 59.7 Å². The van der Waals surface area contributed by atoms with E-state index in [0.29, 0.717) is 12.8 Å². The summed E-state index contributed by atoms with van der Waals surface area (Å²) in [6.07, 6.45) is -0.803. The van der Waals surface area contributed by atoms with Gasteiger partial charge in [0.2, 0.25) is 5.91 Å². The van der Waals surface area contributed by atoms with E-state index >= 15 is 0 Å².